The molecule has 19 heavy (non-hydrogen) atoms. The highest BCUT2D eigenvalue weighted by atomic mass is 32.2. The van der Waals surface area contributed by atoms with E-state index >= 15 is 0 Å². The maximum absolute atomic E-state index is 10.9. The number of hydrogen-bond acceptors (Lipinski definition) is 7. The number of carboxylic acids is 1. The highest BCUT2D eigenvalue weighted by Crippen LogP contribution is 2.20. The molecule has 0 aliphatic carbocycles. The lowest BCUT2D eigenvalue weighted by atomic mass is 10.4. The third-order valence-electron chi connectivity index (χ3n) is 2.17. The topological polar surface area (TPSA) is 124 Å². The van der Waals surface area contributed by atoms with Crippen molar-refractivity contribution < 1.29 is 14.8 Å². The first-order chi connectivity index (χ1) is 9.02. The summed E-state index contributed by atoms with van der Waals surface area (Å²) < 4.78 is 1.04. The molecule has 0 radical (unpaired) electrons. The van der Waals surface area contributed by atoms with Gasteiger partial charge in [0.15, 0.2) is 5.82 Å². The molecule has 98 valence electrons. The lowest BCUT2D eigenvalue weighted by Gasteiger charge is -2.00. The Morgan fingerprint density at radius 1 is 1.53 bits per heavy atom. The molecule has 0 unspecified atom stereocenters. The monoisotopic (exact) mass is 281 g/mol. The predicted octanol–water partition coefficient (Wildman–Crippen LogP) is 0.991. The largest absolute Gasteiger partial charge is 0.476 e. The van der Waals surface area contributed by atoms with Gasteiger partial charge in [-0.3, -0.25) is 10.1 Å². The van der Waals surface area contributed by atoms with Gasteiger partial charge < -0.3 is 5.11 Å². The number of nitro groups is 1. The summed E-state index contributed by atoms with van der Waals surface area (Å²) in [5.74, 6) is -1.21. The average molecular weight is 281 g/mol. The summed E-state index contributed by atoms with van der Waals surface area (Å²) in [6.07, 6.45) is 4.09. The van der Waals surface area contributed by atoms with Crippen molar-refractivity contribution in [3.63, 3.8) is 0 Å². The zero-order valence-corrected chi connectivity index (χ0v) is 10.4. The fourth-order valence-electron chi connectivity index (χ4n) is 1.33. The molecule has 2 aromatic heterocycles. The van der Waals surface area contributed by atoms with Gasteiger partial charge >= 0.3 is 11.7 Å². The molecule has 10 heteroatoms. The molecule has 0 aliphatic rings. The van der Waals surface area contributed by atoms with Crippen LogP contribution in [0.2, 0.25) is 0 Å². The fourth-order valence-corrected chi connectivity index (χ4v) is 1.71. The third-order valence-corrected chi connectivity index (χ3v) is 2.81. The van der Waals surface area contributed by atoms with E-state index in [1.807, 2.05) is 0 Å². The number of hydrogen-bond donors (Lipinski definition) is 1. The number of rotatable bonds is 4. The zero-order valence-electron chi connectivity index (χ0n) is 9.55. The van der Waals surface area contributed by atoms with Crippen LogP contribution in [0, 0.1) is 10.1 Å². The molecule has 1 N–H and O–H groups in total. The van der Waals surface area contributed by atoms with Crippen LogP contribution in [0.3, 0.4) is 0 Å². The minimum Gasteiger partial charge on any atom is -0.476 e. The summed E-state index contributed by atoms with van der Waals surface area (Å²) in [5.41, 5.74) is -1.22. The van der Waals surface area contributed by atoms with Gasteiger partial charge in [0.1, 0.15) is 17.6 Å². The van der Waals surface area contributed by atoms with Gasteiger partial charge in [0.05, 0.1) is 4.92 Å². The van der Waals surface area contributed by atoms with Gasteiger partial charge in [-0.2, -0.15) is 5.10 Å². The van der Waals surface area contributed by atoms with Crippen molar-refractivity contribution in [2.45, 2.75) is 5.03 Å². The molecule has 2 rings (SSSR count). The molecule has 0 fully saturated rings. The Hall–Kier alpha value is -2.49. The summed E-state index contributed by atoms with van der Waals surface area (Å²) in [6, 6.07) is 1.55. The molecule has 2 heterocycles. The van der Waals surface area contributed by atoms with Gasteiger partial charge in [-0.15, -0.1) is 11.8 Å². The summed E-state index contributed by atoms with van der Waals surface area (Å²) in [7, 11) is 0. The maximum atomic E-state index is 10.9. The molecule has 0 amide bonds. The number of thioether (sulfide) groups is 1. The van der Waals surface area contributed by atoms with Crippen LogP contribution in [0.5, 0.6) is 0 Å². The van der Waals surface area contributed by atoms with Crippen LogP contribution >= 0.6 is 11.8 Å². The lowest BCUT2D eigenvalue weighted by molar-refractivity contribution is -0.385. The van der Waals surface area contributed by atoms with Crippen LogP contribution in [0.15, 0.2) is 23.6 Å². The van der Waals surface area contributed by atoms with Crippen LogP contribution in [0.1, 0.15) is 10.5 Å². The third kappa shape index (κ3) is 2.52. The Kier molecular flexibility index (Phi) is 3.42. The second-order valence-electron chi connectivity index (χ2n) is 3.29. The Bertz CT molecular complexity index is 624. The van der Waals surface area contributed by atoms with Gasteiger partial charge in [0.25, 0.3) is 0 Å². The van der Waals surface area contributed by atoms with Crippen LogP contribution < -0.4 is 0 Å². The molecule has 0 aromatic carbocycles. The number of carboxylic acid groups (broad SMARTS) is 1. The molecular formula is C9H7N5O4S. The van der Waals surface area contributed by atoms with Crippen molar-refractivity contribution in [2.24, 2.45) is 0 Å². The average Bonchev–Trinajstić information content (AvgIpc) is 2.84. The minimum absolute atomic E-state index is 0.259. The minimum atomic E-state index is -1.47. The van der Waals surface area contributed by atoms with Crippen molar-refractivity contribution >= 4 is 23.4 Å². The van der Waals surface area contributed by atoms with E-state index < -0.39 is 22.3 Å². The van der Waals surface area contributed by atoms with E-state index in [-0.39, 0.29) is 5.82 Å². The van der Waals surface area contributed by atoms with E-state index in [9.17, 15) is 14.9 Å². The van der Waals surface area contributed by atoms with Gasteiger partial charge in [-0.05, 0) is 6.26 Å². The van der Waals surface area contributed by atoms with Gasteiger partial charge in [-0.25, -0.2) is 19.4 Å². The Morgan fingerprint density at radius 3 is 2.79 bits per heavy atom. The van der Waals surface area contributed by atoms with Crippen LogP contribution in [-0.4, -0.2) is 42.0 Å². The zero-order chi connectivity index (χ0) is 14.0. The Labute approximate surface area is 110 Å². The summed E-state index contributed by atoms with van der Waals surface area (Å²) in [6.45, 7) is 0. The highest BCUT2D eigenvalue weighted by molar-refractivity contribution is 7.98. The normalized spacial score (nSPS) is 10.4. The van der Waals surface area contributed by atoms with Crippen molar-refractivity contribution in [1.29, 1.82) is 0 Å². The second-order valence-corrected chi connectivity index (χ2v) is 4.11. The van der Waals surface area contributed by atoms with Crippen molar-refractivity contribution in [1.82, 2.24) is 19.7 Å². The van der Waals surface area contributed by atoms with Crippen LogP contribution in [0.25, 0.3) is 5.82 Å². The Balaban J connectivity index is 2.53. The molecule has 9 nitrogen and oxygen atoms in total. The lowest BCUT2D eigenvalue weighted by Crippen LogP contribution is -2.04. The molecule has 0 saturated carbocycles. The molecule has 0 spiro atoms. The fraction of sp³-hybridized carbons (Fsp3) is 0.111. The summed E-state index contributed by atoms with van der Waals surface area (Å²) in [4.78, 5) is 28.7. The van der Waals surface area contributed by atoms with Gasteiger partial charge in [-0.1, -0.05) is 0 Å². The molecule has 0 saturated heterocycles. The summed E-state index contributed by atoms with van der Waals surface area (Å²) in [5, 5.41) is 23.9. The standard InChI is InChI=1S/C9H7N5O4S/c1-19-7-2-6(10-4-11-7)13-3-5(14(17)18)8(12-13)9(15)16/h2-4H,1H3,(H,15,16). The molecule has 0 atom stereocenters. The van der Waals surface area contributed by atoms with Crippen LogP contribution in [-0.2, 0) is 0 Å². The number of nitrogens with zero attached hydrogens (tertiary/aromatic N) is 5. The highest BCUT2D eigenvalue weighted by Gasteiger charge is 2.25. The second kappa shape index (κ2) is 5.02. The van der Waals surface area contributed by atoms with E-state index in [0.29, 0.717) is 5.03 Å². The van der Waals surface area contributed by atoms with E-state index in [4.69, 9.17) is 5.11 Å². The van der Waals surface area contributed by atoms with Crippen molar-refractivity contribution in [3.05, 3.63) is 34.4 Å². The van der Waals surface area contributed by atoms with E-state index in [1.165, 1.54) is 18.1 Å². The molecule has 0 bridgehead atoms. The van der Waals surface area contributed by atoms with Crippen molar-refractivity contribution in [3.8, 4) is 5.82 Å². The first kappa shape index (κ1) is 13.0. The molecular weight excluding hydrogens is 274 g/mol. The maximum Gasteiger partial charge on any atom is 0.363 e. The number of carbonyl (C=O) groups is 1. The Morgan fingerprint density at radius 2 is 2.26 bits per heavy atom. The smallest absolute Gasteiger partial charge is 0.363 e. The summed E-state index contributed by atoms with van der Waals surface area (Å²) >= 11 is 1.36. The van der Waals surface area contributed by atoms with E-state index in [2.05, 4.69) is 15.1 Å². The van der Waals surface area contributed by atoms with Gasteiger partial charge in [0, 0.05) is 6.07 Å². The first-order valence-corrected chi connectivity index (χ1v) is 6.09. The van der Waals surface area contributed by atoms with E-state index in [0.717, 1.165) is 10.9 Å². The number of aromatic nitrogens is 4. The first-order valence-electron chi connectivity index (χ1n) is 4.86. The van der Waals surface area contributed by atoms with Gasteiger partial charge in [0.2, 0.25) is 5.69 Å². The number of aromatic carboxylic acids is 1. The predicted molar refractivity (Wildman–Crippen MR) is 64.5 cm³/mol. The quantitative estimate of drug-likeness (QED) is 0.380. The van der Waals surface area contributed by atoms with Crippen LogP contribution in [0.4, 0.5) is 5.69 Å². The molecule has 0 aliphatic heterocycles. The van der Waals surface area contributed by atoms with Crippen molar-refractivity contribution in [2.75, 3.05) is 6.26 Å². The molecule has 2 aromatic rings. The SMILES string of the molecule is CSc1cc(-n2cc([N+](=O)[O-])c(C(=O)O)n2)ncn1. The van der Waals surface area contributed by atoms with E-state index in [1.54, 1.807) is 12.3 Å².